The second kappa shape index (κ2) is 6.71. The molecule has 3 nitrogen and oxygen atoms in total. The molecule has 0 radical (unpaired) electrons. The first-order chi connectivity index (χ1) is 8.78. The lowest BCUT2D eigenvalue weighted by Gasteiger charge is -2.00. The molecule has 2 rings (SSSR count). The highest BCUT2D eigenvalue weighted by molar-refractivity contribution is 9.10. The number of hydrogen-bond acceptors (Lipinski definition) is 2. The van der Waals surface area contributed by atoms with Crippen LogP contribution in [0.15, 0.2) is 34.9 Å². The lowest BCUT2D eigenvalue weighted by atomic mass is 10.1. The Balaban J connectivity index is 1.94. The van der Waals surface area contributed by atoms with E-state index in [0.717, 1.165) is 41.9 Å². The van der Waals surface area contributed by atoms with Crippen LogP contribution in [0.4, 0.5) is 0 Å². The number of aromatic amines is 1. The maximum atomic E-state index is 4.41. The second-order valence-electron chi connectivity index (χ2n) is 4.34. The van der Waals surface area contributed by atoms with Crippen LogP contribution in [-0.4, -0.2) is 16.5 Å². The van der Waals surface area contributed by atoms with Crippen molar-refractivity contribution in [2.75, 3.05) is 6.54 Å². The van der Waals surface area contributed by atoms with Gasteiger partial charge in [-0.25, -0.2) is 4.98 Å². The molecule has 2 aromatic rings. The largest absolute Gasteiger partial charge is 0.345 e. The fourth-order valence-corrected chi connectivity index (χ4v) is 2.27. The Morgan fingerprint density at radius 3 is 3.06 bits per heavy atom. The van der Waals surface area contributed by atoms with Crippen LogP contribution in [0, 0.1) is 0 Å². The summed E-state index contributed by atoms with van der Waals surface area (Å²) in [6, 6.07) is 8.32. The highest BCUT2D eigenvalue weighted by Gasteiger charge is 2.02. The van der Waals surface area contributed by atoms with E-state index in [0.29, 0.717) is 0 Å². The highest BCUT2D eigenvalue weighted by atomic mass is 79.9. The Bertz CT molecular complexity index is 493. The minimum absolute atomic E-state index is 0.840. The normalized spacial score (nSPS) is 10.8. The number of H-pyrrole nitrogens is 1. The van der Waals surface area contributed by atoms with Gasteiger partial charge in [-0.3, -0.25) is 0 Å². The molecule has 0 unspecified atom stereocenters. The molecule has 0 spiro atoms. The molecule has 2 N–H and O–H groups in total. The fourth-order valence-electron chi connectivity index (χ4n) is 1.83. The Kier molecular flexibility index (Phi) is 4.96. The van der Waals surface area contributed by atoms with E-state index in [1.54, 1.807) is 0 Å². The Labute approximate surface area is 116 Å². The molecule has 0 fully saturated rings. The van der Waals surface area contributed by atoms with E-state index in [2.05, 4.69) is 50.3 Å². The standard InChI is InChI=1S/C14H18BrN3/c1-2-6-16-9-13-10-17-14(18-13)8-11-4-3-5-12(15)7-11/h3-5,7,10,16H,2,6,8-9H2,1H3,(H,17,18). The van der Waals surface area contributed by atoms with Crippen molar-refractivity contribution in [3.05, 3.63) is 52.0 Å². The molecule has 0 saturated heterocycles. The molecule has 0 aliphatic rings. The summed E-state index contributed by atoms with van der Waals surface area (Å²) in [7, 11) is 0. The zero-order chi connectivity index (χ0) is 12.8. The van der Waals surface area contributed by atoms with Crippen molar-refractivity contribution in [2.24, 2.45) is 0 Å². The van der Waals surface area contributed by atoms with Crippen molar-refractivity contribution in [1.82, 2.24) is 15.3 Å². The van der Waals surface area contributed by atoms with E-state index in [1.807, 2.05) is 18.3 Å². The molecule has 1 aromatic carbocycles. The molecular formula is C14H18BrN3. The molecule has 0 amide bonds. The maximum Gasteiger partial charge on any atom is 0.110 e. The van der Waals surface area contributed by atoms with Gasteiger partial charge in [-0.15, -0.1) is 0 Å². The van der Waals surface area contributed by atoms with E-state index >= 15 is 0 Å². The van der Waals surface area contributed by atoms with Crippen molar-refractivity contribution >= 4 is 15.9 Å². The molecule has 0 atom stereocenters. The van der Waals surface area contributed by atoms with Gasteiger partial charge < -0.3 is 10.3 Å². The van der Waals surface area contributed by atoms with Gasteiger partial charge in [0.15, 0.2) is 0 Å². The van der Waals surface area contributed by atoms with Crippen LogP contribution in [-0.2, 0) is 13.0 Å². The van der Waals surface area contributed by atoms with E-state index < -0.39 is 0 Å². The SMILES string of the molecule is CCCNCc1cnc(Cc2cccc(Br)c2)[nH]1. The number of hydrogen-bond donors (Lipinski definition) is 2. The number of nitrogens with zero attached hydrogens (tertiary/aromatic N) is 1. The topological polar surface area (TPSA) is 40.7 Å². The lowest BCUT2D eigenvalue weighted by molar-refractivity contribution is 0.665. The summed E-state index contributed by atoms with van der Waals surface area (Å²) in [5.74, 6) is 1.02. The quantitative estimate of drug-likeness (QED) is 0.804. The fraction of sp³-hybridized carbons (Fsp3) is 0.357. The summed E-state index contributed by atoms with van der Waals surface area (Å²) in [6.45, 7) is 4.07. The molecule has 0 bridgehead atoms. The number of rotatable bonds is 6. The van der Waals surface area contributed by atoms with Gasteiger partial charge in [0.05, 0.1) is 0 Å². The van der Waals surface area contributed by atoms with Gasteiger partial charge in [-0.05, 0) is 30.7 Å². The number of nitrogens with one attached hydrogen (secondary N) is 2. The van der Waals surface area contributed by atoms with Gasteiger partial charge in [-0.2, -0.15) is 0 Å². The minimum Gasteiger partial charge on any atom is -0.345 e. The second-order valence-corrected chi connectivity index (χ2v) is 5.25. The summed E-state index contributed by atoms with van der Waals surface area (Å²) in [5.41, 5.74) is 2.40. The van der Waals surface area contributed by atoms with Crippen molar-refractivity contribution in [1.29, 1.82) is 0 Å². The van der Waals surface area contributed by atoms with Crippen LogP contribution in [0.3, 0.4) is 0 Å². The predicted molar refractivity (Wildman–Crippen MR) is 77.5 cm³/mol. The average Bonchev–Trinajstić information content (AvgIpc) is 2.77. The van der Waals surface area contributed by atoms with Gasteiger partial charge in [0.2, 0.25) is 0 Å². The Hall–Kier alpha value is -1.13. The third-order valence-corrected chi connectivity index (χ3v) is 3.18. The van der Waals surface area contributed by atoms with Crippen LogP contribution >= 0.6 is 15.9 Å². The van der Waals surface area contributed by atoms with Crippen LogP contribution in [0.5, 0.6) is 0 Å². The zero-order valence-corrected chi connectivity index (χ0v) is 12.1. The van der Waals surface area contributed by atoms with E-state index in [-0.39, 0.29) is 0 Å². The molecule has 18 heavy (non-hydrogen) atoms. The Morgan fingerprint density at radius 2 is 2.28 bits per heavy atom. The predicted octanol–water partition coefficient (Wildman–Crippen LogP) is 3.26. The van der Waals surface area contributed by atoms with Gasteiger partial charge >= 0.3 is 0 Å². The first-order valence-corrected chi connectivity index (χ1v) is 7.05. The number of benzene rings is 1. The van der Waals surface area contributed by atoms with Crippen molar-refractivity contribution in [2.45, 2.75) is 26.3 Å². The molecule has 4 heteroatoms. The number of halogens is 1. The molecule has 96 valence electrons. The molecule has 0 aliphatic heterocycles. The molecule has 0 saturated carbocycles. The third-order valence-electron chi connectivity index (χ3n) is 2.68. The lowest BCUT2D eigenvalue weighted by Crippen LogP contribution is -2.13. The van der Waals surface area contributed by atoms with Gasteiger partial charge in [-0.1, -0.05) is 35.0 Å². The van der Waals surface area contributed by atoms with Crippen molar-refractivity contribution in [3.63, 3.8) is 0 Å². The van der Waals surface area contributed by atoms with Crippen LogP contribution in [0.2, 0.25) is 0 Å². The van der Waals surface area contributed by atoms with Gasteiger partial charge in [0.1, 0.15) is 5.82 Å². The monoisotopic (exact) mass is 307 g/mol. The van der Waals surface area contributed by atoms with Crippen molar-refractivity contribution < 1.29 is 0 Å². The smallest absolute Gasteiger partial charge is 0.110 e. The molecular weight excluding hydrogens is 290 g/mol. The van der Waals surface area contributed by atoms with E-state index in [1.165, 1.54) is 5.56 Å². The molecule has 1 heterocycles. The first kappa shape index (κ1) is 13.3. The van der Waals surface area contributed by atoms with E-state index in [4.69, 9.17) is 0 Å². The van der Waals surface area contributed by atoms with E-state index in [9.17, 15) is 0 Å². The van der Waals surface area contributed by atoms with Gasteiger partial charge in [0.25, 0.3) is 0 Å². The highest BCUT2D eigenvalue weighted by Crippen LogP contribution is 2.14. The Morgan fingerprint density at radius 1 is 1.39 bits per heavy atom. The summed E-state index contributed by atoms with van der Waals surface area (Å²) in [5, 5.41) is 3.36. The summed E-state index contributed by atoms with van der Waals surface area (Å²) in [6.07, 6.45) is 3.90. The van der Waals surface area contributed by atoms with Crippen LogP contribution < -0.4 is 5.32 Å². The van der Waals surface area contributed by atoms with Crippen molar-refractivity contribution in [3.8, 4) is 0 Å². The van der Waals surface area contributed by atoms with Crippen LogP contribution in [0.1, 0.15) is 30.4 Å². The molecule has 1 aromatic heterocycles. The van der Waals surface area contributed by atoms with Crippen LogP contribution in [0.25, 0.3) is 0 Å². The number of aromatic nitrogens is 2. The zero-order valence-electron chi connectivity index (χ0n) is 10.5. The van der Waals surface area contributed by atoms with Gasteiger partial charge in [0, 0.05) is 29.3 Å². The summed E-state index contributed by atoms with van der Waals surface area (Å²) >= 11 is 3.48. The summed E-state index contributed by atoms with van der Waals surface area (Å²) in [4.78, 5) is 7.76. The maximum absolute atomic E-state index is 4.41. The molecule has 0 aliphatic carbocycles. The first-order valence-electron chi connectivity index (χ1n) is 6.26. The summed E-state index contributed by atoms with van der Waals surface area (Å²) < 4.78 is 1.11. The number of imidazole rings is 1. The minimum atomic E-state index is 0.840. The average molecular weight is 308 g/mol. The third kappa shape index (κ3) is 3.96.